The summed E-state index contributed by atoms with van der Waals surface area (Å²) in [5.74, 6) is 1.12. The van der Waals surface area contributed by atoms with Crippen molar-refractivity contribution in [1.82, 2.24) is 14.0 Å². The Morgan fingerprint density at radius 2 is 1.46 bits per heavy atom. The predicted octanol–water partition coefficient (Wildman–Crippen LogP) is 6.96. The molecule has 0 aliphatic heterocycles. The van der Waals surface area contributed by atoms with Gasteiger partial charge in [-0.3, -0.25) is 8.97 Å². The second-order valence-electron chi connectivity index (χ2n) is 9.59. The standard InChI is InChI=1S/C34H21N4O2.Pt/c39-31-19-9-15-27-26-14-4-5-16-28(26)36-21-32(35-34(36)33(27)31)40-25-13-8-12-24(20-25)38-22-37(23-10-2-1-3-11-23)29-17-6-7-18-30(29)38;/h1-19,21,39H;/q-1;+2. The van der Waals surface area contributed by atoms with Crippen LogP contribution in [0.15, 0.2) is 121 Å². The molecule has 8 rings (SSSR count). The van der Waals surface area contributed by atoms with E-state index in [1.807, 2.05) is 105 Å². The number of aromatic hydroxyl groups is 1. The number of phenols is 1. The van der Waals surface area contributed by atoms with E-state index in [2.05, 4.69) is 36.7 Å². The molecule has 0 atom stereocenters. The van der Waals surface area contributed by atoms with Crippen molar-refractivity contribution in [1.29, 1.82) is 0 Å². The van der Waals surface area contributed by atoms with Crippen molar-refractivity contribution >= 4 is 38.4 Å². The van der Waals surface area contributed by atoms with E-state index in [0.29, 0.717) is 22.7 Å². The number of pyridine rings is 1. The van der Waals surface area contributed by atoms with Crippen LogP contribution in [0.2, 0.25) is 0 Å². The van der Waals surface area contributed by atoms with Crippen molar-refractivity contribution in [2.24, 2.45) is 0 Å². The Labute approximate surface area is 249 Å². The maximum atomic E-state index is 10.8. The van der Waals surface area contributed by atoms with Crippen molar-refractivity contribution < 1.29 is 35.5 Å². The van der Waals surface area contributed by atoms with Crippen molar-refractivity contribution in [2.45, 2.75) is 0 Å². The Morgan fingerprint density at radius 3 is 2.34 bits per heavy atom. The summed E-state index contributed by atoms with van der Waals surface area (Å²) >= 11 is 0. The summed E-state index contributed by atoms with van der Waals surface area (Å²) in [5, 5.41) is 13.4. The van der Waals surface area contributed by atoms with E-state index in [1.54, 1.807) is 6.07 Å². The van der Waals surface area contributed by atoms with Crippen molar-refractivity contribution in [2.75, 3.05) is 0 Å². The third kappa shape index (κ3) is 4.07. The first-order valence-corrected chi connectivity index (χ1v) is 13.0. The third-order valence-electron chi connectivity index (χ3n) is 7.19. The zero-order chi connectivity index (χ0) is 26.6. The minimum Gasteiger partial charge on any atom is -0.507 e. The zero-order valence-corrected chi connectivity index (χ0v) is 23.8. The van der Waals surface area contributed by atoms with Gasteiger partial charge in [-0.15, -0.1) is 12.1 Å². The van der Waals surface area contributed by atoms with Crippen LogP contribution in [-0.4, -0.2) is 19.1 Å². The maximum Gasteiger partial charge on any atom is 2.00 e. The van der Waals surface area contributed by atoms with Gasteiger partial charge in [0.1, 0.15) is 5.75 Å². The van der Waals surface area contributed by atoms with Gasteiger partial charge in [-0.05, 0) is 35.3 Å². The summed E-state index contributed by atoms with van der Waals surface area (Å²) < 4.78 is 12.3. The number of phenolic OH excluding ortho intramolecular Hbond substituents is 1. The van der Waals surface area contributed by atoms with Gasteiger partial charge in [-0.25, -0.2) is 0 Å². The second-order valence-corrected chi connectivity index (χ2v) is 9.59. The molecule has 0 radical (unpaired) electrons. The Bertz CT molecular complexity index is 2220. The molecule has 0 saturated carbocycles. The predicted molar refractivity (Wildman–Crippen MR) is 154 cm³/mol. The summed E-state index contributed by atoms with van der Waals surface area (Å²) in [7, 11) is 0. The fourth-order valence-electron chi connectivity index (χ4n) is 5.43. The molecule has 0 bridgehead atoms. The molecule has 7 heteroatoms. The summed E-state index contributed by atoms with van der Waals surface area (Å²) in [6, 6.07) is 41.1. The van der Waals surface area contributed by atoms with E-state index in [4.69, 9.17) is 9.72 Å². The quantitative estimate of drug-likeness (QED) is 0.122. The van der Waals surface area contributed by atoms with Gasteiger partial charge in [0.05, 0.1) is 33.8 Å². The Morgan fingerprint density at radius 1 is 0.732 bits per heavy atom. The first-order valence-electron chi connectivity index (χ1n) is 13.0. The van der Waals surface area contributed by atoms with Crippen LogP contribution in [0, 0.1) is 12.4 Å². The van der Waals surface area contributed by atoms with Crippen molar-refractivity contribution in [3.05, 3.63) is 134 Å². The molecule has 3 aromatic heterocycles. The largest absolute Gasteiger partial charge is 2.00 e. The van der Waals surface area contributed by atoms with Crippen LogP contribution in [-0.2, 0) is 21.1 Å². The molecule has 0 amide bonds. The molecule has 0 saturated heterocycles. The number of hydrogen-bond acceptors (Lipinski definition) is 3. The summed E-state index contributed by atoms with van der Waals surface area (Å²) in [5.41, 5.74) is 5.47. The van der Waals surface area contributed by atoms with Gasteiger partial charge in [0.15, 0.2) is 5.65 Å². The maximum absolute atomic E-state index is 10.8. The fraction of sp³-hybridized carbons (Fsp3) is 0. The van der Waals surface area contributed by atoms with Gasteiger partial charge in [-0.2, -0.15) is 17.1 Å². The van der Waals surface area contributed by atoms with Gasteiger partial charge in [0, 0.05) is 11.1 Å². The van der Waals surface area contributed by atoms with E-state index in [0.717, 1.165) is 38.7 Å². The number of aromatic nitrogens is 4. The monoisotopic (exact) mass is 712 g/mol. The number of ether oxygens (including phenoxy) is 1. The van der Waals surface area contributed by atoms with Crippen LogP contribution in [0.4, 0.5) is 0 Å². The number of rotatable bonds is 4. The van der Waals surface area contributed by atoms with Gasteiger partial charge >= 0.3 is 21.1 Å². The number of para-hydroxylation sites is 4. The first-order chi connectivity index (χ1) is 19.7. The van der Waals surface area contributed by atoms with E-state index < -0.39 is 0 Å². The molecule has 0 aliphatic carbocycles. The Hall–Kier alpha value is -4.93. The smallest absolute Gasteiger partial charge is 0.507 e. The number of benzene rings is 5. The topological polar surface area (TPSA) is 55.6 Å². The van der Waals surface area contributed by atoms with Crippen LogP contribution < -0.4 is 9.30 Å². The van der Waals surface area contributed by atoms with Crippen molar-refractivity contribution in [3.63, 3.8) is 0 Å². The first kappa shape index (κ1) is 25.1. The van der Waals surface area contributed by atoms with Crippen LogP contribution >= 0.6 is 0 Å². The van der Waals surface area contributed by atoms with Gasteiger partial charge in [-0.1, -0.05) is 72.8 Å². The van der Waals surface area contributed by atoms with Gasteiger partial charge < -0.3 is 14.4 Å². The van der Waals surface area contributed by atoms with E-state index in [9.17, 15) is 5.11 Å². The van der Waals surface area contributed by atoms with Gasteiger partial charge in [0.2, 0.25) is 5.88 Å². The summed E-state index contributed by atoms with van der Waals surface area (Å²) in [6.45, 7) is 0. The van der Waals surface area contributed by atoms with Gasteiger partial charge in [0.25, 0.3) is 6.33 Å². The molecule has 0 unspecified atom stereocenters. The molecular formula is C34H21N4O2Pt+. The minimum absolute atomic E-state index is 0. The molecule has 198 valence electrons. The van der Waals surface area contributed by atoms with Crippen LogP contribution in [0.5, 0.6) is 17.4 Å². The molecule has 6 nitrogen and oxygen atoms in total. The number of hydrogen-bond donors (Lipinski definition) is 1. The average Bonchev–Trinajstić information content (AvgIpc) is 3.60. The molecule has 0 fully saturated rings. The van der Waals surface area contributed by atoms with Crippen LogP contribution in [0.1, 0.15) is 0 Å². The number of nitrogens with zero attached hydrogens (tertiary/aromatic N) is 4. The molecule has 0 spiro atoms. The molecule has 0 aliphatic rings. The normalized spacial score (nSPS) is 11.3. The molecule has 41 heavy (non-hydrogen) atoms. The third-order valence-corrected chi connectivity index (χ3v) is 7.19. The van der Waals surface area contributed by atoms with Crippen LogP contribution in [0.3, 0.4) is 0 Å². The summed E-state index contributed by atoms with van der Waals surface area (Å²) in [6.07, 6.45) is 5.33. The minimum atomic E-state index is 0. The van der Waals surface area contributed by atoms with Crippen LogP contribution in [0.25, 0.3) is 49.7 Å². The molecule has 1 N–H and O–H groups in total. The number of fused-ring (bicyclic) bond motifs is 7. The van der Waals surface area contributed by atoms with E-state index in [1.165, 1.54) is 0 Å². The molecular weight excluding hydrogens is 691 g/mol. The van der Waals surface area contributed by atoms with Crippen molar-refractivity contribution in [3.8, 4) is 28.8 Å². The zero-order valence-electron chi connectivity index (χ0n) is 21.5. The van der Waals surface area contributed by atoms with E-state index >= 15 is 0 Å². The second kappa shape index (κ2) is 9.92. The van der Waals surface area contributed by atoms with E-state index in [-0.39, 0.29) is 26.8 Å². The summed E-state index contributed by atoms with van der Waals surface area (Å²) in [4.78, 5) is 4.79. The molecule has 8 aromatic rings. The molecule has 3 heterocycles. The Kier molecular flexibility index (Phi) is 6.06. The Balaban J connectivity index is 0.00000276. The molecule has 5 aromatic carbocycles. The number of imidazole rings is 2. The SMILES string of the molecule is Oc1cccc2c3ccccc3n3cc(Oc4[c-]c(-n5[c-][n+](-c6ccccc6)c6ccccc65)ccc4)nc3c12.[Pt+2]. The fourth-order valence-corrected chi connectivity index (χ4v) is 5.43. The average molecular weight is 713 g/mol.